The fourth-order valence-electron chi connectivity index (χ4n) is 1.67. The Kier molecular flexibility index (Phi) is 4.85. The monoisotopic (exact) mass is 233 g/mol. The van der Waals surface area contributed by atoms with Crippen molar-refractivity contribution in [3.05, 3.63) is 0 Å². The second-order valence-corrected chi connectivity index (χ2v) is 6.03. The van der Waals surface area contributed by atoms with Crippen molar-refractivity contribution in [3.8, 4) is 0 Å². The minimum Gasteiger partial charge on any atom is -0.356 e. The fraction of sp³-hybridized carbons (Fsp3) is 0.889. The summed E-state index contributed by atoms with van der Waals surface area (Å²) < 4.78 is 0.286. The highest BCUT2D eigenvalue weighted by Crippen LogP contribution is 2.29. The summed E-state index contributed by atoms with van der Waals surface area (Å²) in [6, 6.07) is 0. The highest BCUT2D eigenvalue weighted by Gasteiger charge is 2.26. The number of hydrogen-bond acceptors (Lipinski definition) is 6. The van der Waals surface area contributed by atoms with Crippen LogP contribution in [0.1, 0.15) is 20.3 Å². The van der Waals surface area contributed by atoms with Gasteiger partial charge in [-0.15, -0.1) is 0 Å². The molecule has 0 aliphatic carbocycles. The van der Waals surface area contributed by atoms with Crippen LogP contribution < -0.4 is 11.4 Å². The van der Waals surface area contributed by atoms with Gasteiger partial charge in [0.1, 0.15) is 0 Å². The maximum atomic E-state index is 11.1. The standard InChI is InChI=1S/C9H19N3O2S/c1-9(2)7-12(5-6-15-9)4-3-8(13)14-11-10/h11H,3-7,10H2,1-2H3. The SMILES string of the molecule is CC1(C)CN(CCC(=O)ONN)CCS1. The zero-order valence-electron chi connectivity index (χ0n) is 9.28. The molecule has 0 amide bonds. The van der Waals surface area contributed by atoms with Crippen LogP contribution in [0.15, 0.2) is 0 Å². The largest absolute Gasteiger partial charge is 0.356 e. The fourth-order valence-corrected chi connectivity index (χ4v) is 2.85. The second kappa shape index (κ2) is 5.69. The summed E-state index contributed by atoms with van der Waals surface area (Å²) in [5, 5.41) is 0. The average molecular weight is 233 g/mol. The molecular formula is C9H19N3O2S. The minimum atomic E-state index is -0.312. The minimum absolute atomic E-state index is 0.286. The molecule has 1 saturated heterocycles. The quantitative estimate of drug-likeness (QED) is 0.531. The molecule has 0 spiro atoms. The molecule has 0 aromatic carbocycles. The van der Waals surface area contributed by atoms with E-state index in [1.165, 1.54) is 0 Å². The Hall–Kier alpha value is -0.300. The van der Waals surface area contributed by atoms with E-state index in [2.05, 4.69) is 23.6 Å². The van der Waals surface area contributed by atoms with E-state index in [0.29, 0.717) is 6.42 Å². The maximum absolute atomic E-state index is 11.1. The van der Waals surface area contributed by atoms with E-state index in [-0.39, 0.29) is 10.7 Å². The molecule has 1 rings (SSSR count). The van der Waals surface area contributed by atoms with Crippen LogP contribution in [0, 0.1) is 0 Å². The van der Waals surface area contributed by atoms with Gasteiger partial charge in [-0.25, -0.2) is 5.84 Å². The van der Waals surface area contributed by atoms with Crippen LogP contribution in [0.2, 0.25) is 0 Å². The zero-order valence-corrected chi connectivity index (χ0v) is 10.1. The van der Waals surface area contributed by atoms with E-state index >= 15 is 0 Å². The molecule has 0 unspecified atom stereocenters. The van der Waals surface area contributed by atoms with Gasteiger partial charge < -0.3 is 9.74 Å². The van der Waals surface area contributed by atoms with Gasteiger partial charge in [0.2, 0.25) is 0 Å². The predicted octanol–water partition coefficient (Wildman–Crippen LogP) is 0.125. The third kappa shape index (κ3) is 4.83. The first-order valence-electron chi connectivity index (χ1n) is 5.05. The first-order valence-corrected chi connectivity index (χ1v) is 6.04. The number of carbonyl (C=O) groups excluding carboxylic acids is 1. The van der Waals surface area contributed by atoms with Crippen molar-refractivity contribution in [2.45, 2.75) is 25.0 Å². The molecule has 0 bridgehead atoms. The van der Waals surface area contributed by atoms with E-state index in [1.54, 1.807) is 0 Å². The topological polar surface area (TPSA) is 67.6 Å². The van der Waals surface area contributed by atoms with Crippen LogP contribution in [0.5, 0.6) is 0 Å². The number of rotatable bonds is 4. The summed E-state index contributed by atoms with van der Waals surface area (Å²) in [4.78, 5) is 17.8. The van der Waals surface area contributed by atoms with Crippen molar-refractivity contribution in [3.63, 3.8) is 0 Å². The van der Waals surface area contributed by atoms with E-state index in [4.69, 9.17) is 5.84 Å². The van der Waals surface area contributed by atoms with Crippen molar-refractivity contribution < 1.29 is 9.63 Å². The number of nitrogens with one attached hydrogen (secondary N) is 1. The highest BCUT2D eigenvalue weighted by atomic mass is 32.2. The number of nitrogens with two attached hydrogens (primary N) is 1. The molecule has 5 nitrogen and oxygen atoms in total. The third-order valence-corrected chi connectivity index (χ3v) is 3.61. The van der Waals surface area contributed by atoms with Gasteiger partial charge in [0.25, 0.3) is 0 Å². The van der Waals surface area contributed by atoms with Gasteiger partial charge in [-0.05, 0) is 13.8 Å². The Balaban J connectivity index is 2.24. The molecule has 1 fully saturated rings. The van der Waals surface area contributed by atoms with Crippen LogP contribution in [-0.4, -0.2) is 41.0 Å². The van der Waals surface area contributed by atoms with Gasteiger partial charge in [0, 0.05) is 30.1 Å². The van der Waals surface area contributed by atoms with E-state index < -0.39 is 0 Å². The first-order chi connectivity index (χ1) is 7.03. The number of nitrogens with zero attached hydrogens (tertiary/aromatic N) is 1. The Morgan fingerprint density at radius 1 is 1.67 bits per heavy atom. The van der Waals surface area contributed by atoms with Gasteiger partial charge in [-0.3, -0.25) is 4.79 Å². The maximum Gasteiger partial charge on any atom is 0.327 e. The van der Waals surface area contributed by atoms with Crippen LogP contribution in [-0.2, 0) is 9.63 Å². The second-order valence-electron chi connectivity index (χ2n) is 4.23. The molecule has 0 atom stereocenters. The Bertz CT molecular complexity index is 223. The molecule has 15 heavy (non-hydrogen) atoms. The van der Waals surface area contributed by atoms with E-state index in [9.17, 15) is 4.79 Å². The lowest BCUT2D eigenvalue weighted by atomic mass is 10.2. The van der Waals surface area contributed by atoms with Crippen LogP contribution >= 0.6 is 11.8 Å². The molecule has 1 heterocycles. The van der Waals surface area contributed by atoms with E-state index in [1.807, 2.05) is 17.4 Å². The normalized spacial score (nSPS) is 21.3. The van der Waals surface area contributed by atoms with Crippen molar-refractivity contribution in [1.82, 2.24) is 10.5 Å². The molecule has 3 N–H and O–H groups in total. The summed E-state index contributed by atoms with van der Waals surface area (Å²) in [5.41, 5.74) is 1.90. The van der Waals surface area contributed by atoms with Gasteiger partial charge in [0.15, 0.2) is 0 Å². The van der Waals surface area contributed by atoms with Gasteiger partial charge >= 0.3 is 5.97 Å². The van der Waals surface area contributed by atoms with Crippen molar-refractivity contribution in [1.29, 1.82) is 0 Å². The van der Waals surface area contributed by atoms with Crippen molar-refractivity contribution >= 4 is 17.7 Å². The smallest absolute Gasteiger partial charge is 0.327 e. The van der Waals surface area contributed by atoms with Crippen molar-refractivity contribution in [2.24, 2.45) is 5.84 Å². The summed E-state index contributed by atoms with van der Waals surface area (Å²) >= 11 is 1.98. The number of thioether (sulfide) groups is 1. The molecule has 0 aromatic heterocycles. The molecule has 0 radical (unpaired) electrons. The van der Waals surface area contributed by atoms with Gasteiger partial charge in [-0.2, -0.15) is 11.8 Å². The molecule has 1 aliphatic rings. The zero-order chi connectivity index (χ0) is 11.3. The lowest BCUT2D eigenvalue weighted by Crippen LogP contribution is -2.44. The summed E-state index contributed by atoms with van der Waals surface area (Å²) in [6.45, 7) is 7.25. The number of hydrazine groups is 1. The van der Waals surface area contributed by atoms with Crippen molar-refractivity contribution in [2.75, 3.05) is 25.4 Å². The Labute approximate surface area is 94.6 Å². The van der Waals surface area contributed by atoms with Crippen LogP contribution in [0.4, 0.5) is 0 Å². The highest BCUT2D eigenvalue weighted by molar-refractivity contribution is 8.00. The molecule has 6 heteroatoms. The number of hydrogen-bond donors (Lipinski definition) is 2. The Morgan fingerprint density at radius 2 is 2.40 bits per heavy atom. The Morgan fingerprint density at radius 3 is 3.00 bits per heavy atom. The summed E-state index contributed by atoms with van der Waals surface area (Å²) in [6.07, 6.45) is 0.380. The molecule has 1 aliphatic heterocycles. The lowest BCUT2D eigenvalue weighted by molar-refractivity contribution is -0.151. The number of carbonyl (C=O) groups is 1. The van der Waals surface area contributed by atoms with Gasteiger partial charge in [0.05, 0.1) is 6.42 Å². The molecule has 88 valence electrons. The first kappa shape index (κ1) is 12.8. The predicted molar refractivity (Wildman–Crippen MR) is 61.0 cm³/mol. The lowest BCUT2D eigenvalue weighted by Gasteiger charge is -2.37. The van der Waals surface area contributed by atoms with Crippen LogP contribution in [0.3, 0.4) is 0 Å². The molecular weight excluding hydrogens is 214 g/mol. The molecule has 0 aromatic rings. The molecule has 0 saturated carbocycles. The summed E-state index contributed by atoms with van der Waals surface area (Å²) in [5.74, 6) is 5.68. The van der Waals surface area contributed by atoms with Crippen LogP contribution in [0.25, 0.3) is 0 Å². The average Bonchev–Trinajstić information content (AvgIpc) is 2.14. The van der Waals surface area contributed by atoms with Gasteiger partial charge in [-0.1, -0.05) is 5.59 Å². The summed E-state index contributed by atoms with van der Waals surface area (Å²) in [7, 11) is 0. The third-order valence-electron chi connectivity index (χ3n) is 2.31. The van der Waals surface area contributed by atoms with E-state index in [0.717, 1.165) is 25.4 Å².